The van der Waals surface area contributed by atoms with Crippen molar-refractivity contribution in [2.24, 2.45) is 7.05 Å². The molecule has 0 amide bonds. The zero-order valence-corrected chi connectivity index (χ0v) is 11.7. The molecule has 2 aromatic rings. The average molecular weight is 255 g/mol. The molecule has 0 aliphatic carbocycles. The van der Waals surface area contributed by atoms with E-state index in [2.05, 4.69) is 21.5 Å². The molecule has 1 N–H and O–H groups in total. The third-order valence-electron chi connectivity index (χ3n) is 2.95. The average Bonchev–Trinajstić information content (AvgIpc) is 2.69. The van der Waals surface area contributed by atoms with E-state index in [9.17, 15) is 5.26 Å². The number of nitriles is 1. The molecular weight excluding hydrogens is 238 g/mol. The minimum absolute atomic E-state index is 0.580. The van der Waals surface area contributed by atoms with Crippen LogP contribution in [0.4, 0.5) is 11.5 Å². The molecule has 0 saturated carbocycles. The Bertz CT molecular complexity index is 649. The standard InChI is InChI=1S/C14H17N5/c1-5-12-13(8-19(4)18-12)17-14-11(7-15)9(2)6-10(3)16-14/h6,8H,5H2,1-4H3,(H,16,17). The van der Waals surface area contributed by atoms with Gasteiger partial charge in [0.25, 0.3) is 0 Å². The normalized spacial score (nSPS) is 10.3. The number of nitrogens with one attached hydrogen (secondary N) is 1. The van der Waals surface area contributed by atoms with Gasteiger partial charge in [-0.1, -0.05) is 6.92 Å². The Kier molecular flexibility index (Phi) is 3.52. The maximum Gasteiger partial charge on any atom is 0.148 e. The van der Waals surface area contributed by atoms with Gasteiger partial charge in [-0.25, -0.2) is 4.98 Å². The number of rotatable bonds is 3. The monoisotopic (exact) mass is 255 g/mol. The van der Waals surface area contributed by atoms with Gasteiger partial charge in [0.2, 0.25) is 0 Å². The van der Waals surface area contributed by atoms with Crippen molar-refractivity contribution in [2.75, 3.05) is 5.32 Å². The number of aryl methyl sites for hydroxylation is 4. The van der Waals surface area contributed by atoms with E-state index < -0.39 is 0 Å². The van der Waals surface area contributed by atoms with E-state index in [4.69, 9.17) is 0 Å². The SMILES string of the molecule is CCc1nn(C)cc1Nc1nc(C)cc(C)c1C#N. The molecule has 0 aromatic carbocycles. The molecule has 0 bridgehead atoms. The summed E-state index contributed by atoms with van der Waals surface area (Å²) in [5.74, 6) is 0.600. The van der Waals surface area contributed by atoms with E-state index in [1.807, 2.05) is 40.1 Å². The highest BCUT2D eigenvalue weighted by molar-refractivity contribution is 5.65. The molecule has 5 nitrogen and oxygen atoms in total. The van der Waals surface area contributed by atoms with Crippen molar-refractivity contribution >= 4 is 11.5 Å². The molecule has 0 spiro atoms. The van der Waals surface area contributed by atoms with Crippen LogP contribution in [0.1, 0.15) is 29.4 Å². The maximum atomic E-state index is 9.25. The van der Waals surface area contributed by atoms with Gasteiger partial charge < -0.3 is 5.32 Å². The van der Waals surface area contributed by atoms with Gasteiger partial charge in [0, 0.05) is 18.9 Å². The van der Waals surface area contributed by atoms with E-state index >= 15 is 0 Å². The molecule has 98 valence electrons. The third kappa shape index (κ3) is 2.58. The number of hydrogen-bond acceptors (Lipinski definition) is 4. The molecule has 2 rings (SSSR count). The zero-order chi connectivity index (χ0) is 14.0. The summed E-state index contributed by atoms with van der Waals surface area (Å²) >= 11 is 0. The van der Waals surface area contributed by atoms with Crippen molar-refractivity contribution in [3.63, 3.8) is 0 Å². The maximum absolute atomic E-state index is 9.25. The first-order chi connectivity index (χ1) is 9.05. The summed E-state index contributed by atoms with van der Waals surface area (Å²) in [7, 11) is 1.88. The van der Waals surface area contributed by atoms with Crippen LogP contribution in [0.3, 0.4) is 0 Å². The predicted octanol–water partition coefficient (Wildman–Crippen LogP) is 2.61. The lowest BCUT2D eigenvalue weighted by Crippen LogP contribution is -2.01. The van der Waals surface area contributed by atoms with Crippen molar-refractivity contribution in [1.82, 2.24) is 14.8 Å². The second kappa shape index (κ2) is 5.11. The predicted molar refractivity (Wildman–Crippen MR) is 74.3 cm³/mol. The lowest BCUT2D eigenvalue weighted by Gasteiger charge is -2.09. The molecule has 0 aliphatic heterocycles. The Morgan fingerprint density at radius 3 is 2.79 bits per heavy atom. The largest absolute Gasteiger partial charge is 0.336 e. The summed E-state index contributed by atoms with van der Waals surface area (Å²) in [6, 6.07) is 4.11. The van der Waals surface area contributed by atoms with Crippen molar-refractivity contribution in [2.45, 2.75) is 27.2 Å². The van der Waals surface area contributed by atoms with Crippen LogP contribution in [0.25, 0.3) is 0 Å². The van der Waals surface area contributed by atoms with Crippen molar-refractivity contribution in [1.29, 1.82) is 5.26 Å². The van der Waals surface area contributed by atoms with Crippen molar-refractivity contribution in [3.8, 4) is 6.07 Å². The molecule has 0 fully saturated rings. The summed E-state index contributed by atoms with van der Waals surface area (Å²) in [5.41, 5.74) is 4.27. The molecule has 5 heteroatoms. The molecule has 0 aliphatic rings. The fourth-order valence-electron chi connectivity index (χ4n) is 2.10. The molecule has 0 radical (unpaired) electrons. The Balaban J connectivity index is 2.46. The molecule has 0 atom stereocenters. The third-order valence-corrected chi connectivity index (χ3v) is 2.95. The topological polar surface area (TPSA) is 66.5 Å². The Labute approximate surface area is 112 Å². The Hall–Kier alpha value is -2.35. The second-order valence-corrected chi connectivity index (χ2v) is 4.56. The number of nitrogens with zero attached hydrogens (tertiary/aromatic N) is 4. The van der Waals surface area contributed by atoms with Crippen LogP contribution >= 0.6 is 0 Å². The molecular formula is C14H17N5. The van der Waals surface area contributed by atoms with Crippen molar-refractivity contribution in [3.05, 3.63) is 34.8 Å². The fourth-order valence-corrected chi connectivity index (χ4v) is 2.10. The van der Waals surface area contributed by atoms with Crippen LogP contribution in [0.5, 0.6) is 0 Å². The second-order valence-electron chi connectivity index (χ2n) is 4.56. The highest BCUT2D eigenvalue weighted by Gasteiger charge is 2.12. The fraction of sp³-hybridized carbons (Fsp3) is 0.357. The van der Waals surface area contributed by atoms with Crippen LogP contribution in [-0.4, -0.2) is 14.8 Å². The van der Waals surface area contributed by atoms with Crippen LogP contribution in [0.2, 0.25) is 0 Å². The number of hydrogen-bond donors (Lipinski definition) is 1. The quantitative estimate of drug-likeness (QED) is 0.915. The summed E-state index contributed by atoms with van der Waals surface area (Å²) in [6.07, 6.45) is 2.73. The molecule has 0 unspecified atom stereocenters. The van der Waals surface area contributed by atoms with Gasteiger partial charge in [0.15, 0.2) is 0 Å². The first-order valence-corrected chi connectivity index (χ1v) is 6.23. The lowest BCUT2D eigenvalue weighted by atomic mass is 10.1. The van der Waals surface area contributed by atoms with Crippen LogP contribution in [-0.2, 0) is 13.5 Å². The highest BCUT2D eigenvalue weighted by Crippen LogP contribution is 2.24. The summed E-state index contributed by atoms with van der Waals surface area (Å²) in [5, 5.41) is 16.8. The molecule has 2 aromatic heterocycles. The van der Waals surface area contributed by atoms with E-state index in [1.54, 1.807) is 4.68 Å². The first kappa shape index (κ1) is 13.1. The molecule has 0 saturated heterocycles. The summed E-state index contributed by atoms with van der Waals surface area (Å²) < 4.78 is 1.76. The first-order valence-electron chi connectivity index (χ1n) is 6.23. The van der Waals surface area contributed by atoms with Gasteiger partial charge in [-0.2, -0.15) is 10.4 Å². The Morgan fingerprint density at radius 2 is 2.16 bits per heavy atom. The van der Waals surface area contributed by atoms with E-state index in [1.165, 1.54) is 0 Å². The number of anilines is 2. The van der Waals surface area contributed by atoms with Crippen LogP contribution in [0, 0.1) is 25.2 Å². The van der Waals surface area contributed by atoms with E-state index in [-0.39, 0.29) is 0 Å². The Morgan fingerprint density at radius 1 is 1.42 bits per heavy atom. The van der Waals surface area contributed by atoms with Gasteiger partial charge >= 0.3 is 0 Å². The van der Waals surface area contributed by atoms with E-state index in [0.29, 0.717) is 11.4 Å². The van der Waals surface area contributed by atoms with Gasteiger partial charge in [-0.3, -0.25) is 4.68 Å². The van der Waals surface area contributed by atoms with E-state index in [0.717, 1.165) is 29.1 Å². The van der Waals surface area contributed by atoms with Gasteiger partial charge in [-0.15, -0.1) is 0 Å². The lowest BCUT2D eigenvalue weighted by molar-refractivity contribution is 0.746. The van der Waals surface area contributed by atoms with Gasteiger partial charge in [0.1, 0.15) is 11.9 Å². The minimum atomic E-state index is 0.580. The number of pyridine rings is 1. The number of aromatic nitrogens is 3. The van der Waals surface area contributed by atoms with Crippen LogP contribution < -0.4 is 5.32 Å². The van der Waals surface area contributed by atoms with Gasteiger partial charge in [-0.05, 0) is 31.9 Å². The molecule has 19 heavy (non-hydrogen) atoms. The minimum Gasteiger partial charge on any atom is -0.336 e. The highest BCUT2D eigenvalue weighted by atomic mass is 15.3. The molecule has 2 heterocycles. The summed E-state index contributed by atoms with van der Waals surface area (Å²) in [6.45, 7) is 5.89. The van der Waals surface area contributed by atoms with Crippen LogP contribution in [0.15, 0.2) is 12.3 Å². The summed E-state index contributed by atoms with van der Waals surface area (Å²) in [4.78, 5) is 4.41. The zero-order valence-electron chi connectivity index (χ0n) is 11.7. The van der Waals surface area contributed by atoms with Gasteiger partial charge in [0.05, 0.1) is 16.9 Å². The van der Waals surface area contributed by atoms with Crippen molar-refractivity contribution < 1.29 is 0 Å². The smallest absolute Gasteiger partial charge is 0.148 e.